The van der Waals surface area contributed by atoms with Crippen LogP contribution in [0.2, 0.25) is 0 Å². The second-order valence-corrected chi connectivity index (χ2v) is 5.56. The molecule has 1 heterocycles. The van der Waals surface area contributed by atoms with E-state index in [0.717, 1.165) is 24.0 Å². The standard InChI is InChI=1S/C18H20O3/c1-3-17(13-5-9-15(19)10-6-13)18(4-2,21-17)14-7-11-16(20)12-8-14/h5-12,19-20H,3-4H2,1-2H3. The van der Waals surface area contributed by atoms with Gasteiger partial charge in [0.25, 0.3) is 0 Å². The topological polar surface area (TPSA) is 53.0 Å². The fourth-order valence-electron chi connectivity index (χ4n) is 3.44. The maximum Gasteiger partial charge on any atom is 0.127 e. The summed E-state index contributed by atoms with van der Waals surface area (Å²) in [6.07, 6.45) is 1.71. The highest BCUT2D eigenvalue weighted by atomic mass is 16.6. The van der Waals surface area contributed by atoms with Crippen molar-refractivity contribution in [3.05, 3.63) is 59.7 Å². The number of rotatable bonds is 4. The first-order chi connectivity index (χ1) is 10.1. The Morgan fingerprint density at radius 1 is 0.714 bits per heavy atom. The van der Waals surface area contributed by atoms with E-state index >= 15 is 0 Å². The number of aromatic hydroxyl groups is 2. The molecule has 2 atom stereocenters. The zero-order valence-corrected chi connectivity index (χ0v) is 12.3. The summed E-state index contributed by atoms with van der Waals surface area (Å²) >= 11 is 0. The quantitative estimate of drug-likeness (QED) is 0.833. The molecule has 1 saturated heterocycles. The highest BCUT2D eigenvalue weighted by Gasteiger charge is 2.69. The van der Waals surface area contributed by atoms with Crippen LogP contribution < -0.4 is 0 Å². The van der Waals surface area contributed by atoms with Crippen LogP contribution >= 0.6 is 0 Å². The fraction of sp³-hybridized carbons (Fsp3) is 0.333. The normalized spacial score (nSPS) is 27.5. The van der Waals surface area contributed by atoms with Crippen LogP contribution in [0.4, 0.5) is 0 Å². The van der Waals surface area contributed by atoms with Gasteiger partial charge in [-0.2, -0.15) is 0 Å². The summed E-state index contributed by atoms with van der Waals surface area (Å²) in [5.74, 6) is 0.523. The molecule has 0 radical (unpaired) electrons. The van der Waals surface area contributed by atoms with Crippen LogP contribution in [0, 0.1) is 0 Å². The third-order valence-electron chi connectivity index (χ3n) is 4.62. The van der Waals surface area contributed by atoms with Crippen molar-refractivity contribution in [3.8, 4) is 11.5 Å². The maximum absolute atomic E-state index is 9.48. The summed E-state index contributed by atoms with van der Waals surface area (Å²) in [5.41, 5.74) is 1.45. The van der Waals surface area contributed by atoms with Crippen LogP contribution in [0.25, 0.3) is 0 Å². The van der Waals surface area contributed by atoms with Crippen molar-refractivity contribution in [1.29, 1.82) is 0 Å². The van der Waals surface area contributed by atoms with E-state index in [4.69, 9.17) is 4.74 Å². The first-order valence-corrected chi connectivity index (χ1v) is 7.37. The molecule has 0 bridgehead atoms. The molecule has 0 aromatic heterocycles. The van der Waals surface area contributed by atoms with E-state index in [1.807, 2.05) is 24.3 Å². The Morgan fingerprint density at radius 2 is 1.05 bits per heavy atom. The molecule has 1 aliphatic heterocycles. The molecule has 0 spiro atoms. The van der Waals surface area contributed by atoms with Crippen molar-refractivity contribution in [2.45, 2.75) is 37.9 Å². The minimum atomic E-state index is -0.355. The summed E-state index contributed by atoms with van der Waals surface area (Å²) in [7, 11) is 0. The number of epoxide rings is 1. The first kappa shape index (κ1) is 14.0. The van der Waals surface area contributed by atoms with Gasteiger partial charge >= 0.3 is 0 Å². The van der Waals surface area contributed by atoms with Gasteiger partial charge in [0.15, 0.2) is 0 Å². The second kappa shape index (κ2) is 4.78. The molecular formula is C18H20O3. The van der Waals surface area contributed by atoms with Gasteiger partial charge in [0.1, 0.15) is 22.7 Å². The summed E-state index contributed by atoms with van der Waals surface area (Å²) in [6.45, 7) is 4.23. The number of ether oxygens (including phenoxy) is 1. The van der Waals surface area contributed by atoms with Crippen molar-refractivity contribution >= 4 is 0 Å². The zero-order valence-electron chi connectivity index (χ0n) is 12.3. The number of phenolic OH excluding ortho intramolecular Hbond substituents is 2. The molecule has 2 unspecified atom stereocenters. The first-order valence-electron chi connectivity index (χ1n) is 7.37. The van der Waals surface area contributed by atoms with Gasteiger partial charge in [-0.15, -0.1) is 0 Å². The summed E-state index contributed by atoms with van der Waals surface area (Å²) in [6, 6.07) is 14.5. The lowest BCUT2D eigenvalue weighted by atomic mass is 9.78. The lowest BCUT2D eigenvalue weighted by Crippen LogP contribution is -2.21. The minimum absolute atomic E-state index is 0.261. The highest BCUT2D eigenvalue weighted by molar-refractivity contribution is 5.44. The Morgan fingerprint density at radius 3 is 1.33 bits per heavy atom. The van der Waals surface area contributed by atoms with Gasteiger partial charge in [0, 0.05) is 0 Å². The molecule has 0 amide bonds. The SMILES string of the molecule is CCC1(c2ccc(O)cc2)OC1(CC)c1ccc(O)cc1. The molecule has 21 heavy (non-hydrogen) atoms. The molecule has 1 fully saturated rings. The Hall–Kier alpha value is -2.00. The Labute approximate surface area is 124 Å². The zero-order chi connectivity index (χ0) is 15.1. The van der Waals surface area contributed by atoms with E-state index in [1.165, 1.54) is 0 Å². The van der Waals surface area contributed by atoms with Crippen LogP contribution in [0.3, 0.4) is 0 Å². The smallest absolute Gasteiger partial charge is 0.127 e. The third-order valence-corrected chi connectivity index (χ3v) is 4.62. The molecule has 0 saturated carbocycles. The van der Waals surface area contributed by atoms with Gasteiger partial charge in [-0.3, -0.25) is 0 Å². The maximum atomic E-state index is 9.48. The molecular weight excluding hydrogens is 264 g/mol. The number of hydrogen-bond acceptors (Lipinski definition) is 3. The molecule has 3 heteroatoms. The van der Waals surface area contributed by atoms with Gasteiger partial charge in [-0.1, -0.05) is 38.1 Å². The van der Waals surface area contributed by atoms with Crippen molar-refractivity contribution in [1.82, 2.24) is 0 Å². The van der Waals surface area contributed by atoms with Crippen LogP contribution in [-0.4, -0.2) is 10.2 Å². The fourth-order valence-corrected chi connectivity index (χ4v) is 3.44. The number of phenols is 2. The second-order valence-electron chi connectivity index (χ2n) is 5.56. The Balaban J connectivity index is 2.05. The van der Waals surface area contributed by atoms with Gasteiger partial charge in [0.05, 0.1) is 0 Å². The van der Waals surface area contributed by atoms with E-state index in [-0.39, 0.29) is 22.7 Å². The van der Waals surface area contributed by atoms with E-state index in [0.29, 0.717) is 0 Å². The van der Waals surface area contributed by atoms with E-state index < -0.39 is 0 Å². The van der Waals surface area contributed by atoms with E-state index in [1.54, 1.807) is 24.3 Å². The van der Waals surface area contributed by atoms with Gasteiger partial charge < -0.3 is 14.9 Å². The molecule has 1 aliphatic rings. The Bertz CT molecular complexity index is 575. The predicted octanol–water partition coefficient (Wildman–Crippen LogP) is 4.04. The summed E-state index contributed by atoms with van der Waals surface area (Å²) in [5, 5.41) is 19.0. The lowest BCUT2D eigenvalue weighted by Gasteiger charge is -2.19. The average molecular weight is 284 g/mol. The van der Waals surface area contributed by atoms with E-state index in [2.05, 4.69) is 13.8 Å². The average Bonchev–Trinajstić information content (AvgIpc) is 3.19. The molecule has 110 valence electrons. The third kappa shape index (κ3) is 1.92. The molecule has 2 aromatic rings. The van der Waals surface area contributed by atoms with Crippen molar-refractivity contribution in [2.24, 2.45) is 0 Å². The van der Waals surface area contributed by atoms with Crippen molar-refractivity contribution in [3.63, 3.8) is 0 Å². The minimum Gasteiger partial charge on any atom is -0.508 e. The number of hydrogen-bond donors (Lipinski definition) is 2. The molecule has 0 aliphatic carbocycles. The molecule has 2 N–H and O–H groups in total. The van der Waals surface area contributed by atoms with Crippen molar-refractivity contribution in [2.75, 3.05) is 0 Å². The van der Waals surface area contributed by atoms with E-state index in [9.17, 15) is 10.2 Å². The predicted molar refractivity (Wildman–Crippen MR) is 81.2 cm³/mol. The highest BCUT2D eigenvalue weighted by Crippen LogP contribution is 2.66. The van der Waals surface area contributed by atoms with Gasteiger partial charge in [-0.05, 0) is 48.2 Å². The van der Waals surface area contributed by atoms with Crippen molar-refractivity contribution < 1.29 is 14.9 Å². The lowest BCUT2D eigenvalue weighted by molar-refractivity contribution is 0.255. The molecule has 3 nitrogen and oxygen atoms in total. The van der Waals surface area contributed by atoms with Crippen LogP contribution in [-0.2, 0) is 15.9 Å². The van der Waals surface area contributed by atoms with Gasteiger partial charge in [0.2, 0.25) is 0 Å². The summed E-state index contributed by atoms with van der Waals surface area (Å²) < 4.78 is 6.28. The largest absolute Gasteiger partial charge is 0.508 e. The Kier molecular flexibility index (Phi) is 3.18. The van der Waals surface area contributed by atoms with Crippen LogP contribution in [0.15, 0.2) is 48.5 Å². The summed E-state index contributed by atoms with van der Waals surface area (Å²) in [4.78, 5) is 0. The monoisotopic (exact) mass is 284 g/mol. The molecule has 2 aromatic carbocycles. The number of benzene rings is 2. The van der Waals surface area contributed by atoms with Crippen LogP contribution in [0.1, 0.15) is 37.8 Å². The molecule has 3 rings (SSSR count). The van der Waals surface area contributed by atoms with Gasteiger partial charge in [-0.25, -0.2) is 0 Å². The van der Waals surface area contributed by atoms with Crippen LogP contribution in [0.5, 0.6) is 11.5 Å².